The summed E-state index contributed by atoms with van der Waals surface area (Å²) in [5.41, 5.74) is 9.63. The number of benzene rings is 3. The van der Waals surface area contributed by atoms with Crippen molar-refractivity contribution in [1.82, 2.24) is 0 Å². The molecular formula is C32H33N. The summed E-state index contributed by atoms with van der Waals surface area (Å²) in [5, 5.41) is 2.66. The maximum absolute atomic E-state index is 2.35. The van der Waals surface area contributed by atoms with Crippen LogP contribution in [0.1, 0.15) is 51.3 Å². The summed E-state index contributed by atoms with van der Waals surface area (Å²) >= 11 is 0. The lowest BCUT2D eigenvalue weighted by Gasteiger charge is -2.24. The molecule has 0 radical (unpaired) electrons. The number of allylic oxidation sites excluding steroid dienone is 8. The minimum Gasteiger partial charge on any atom is -0.347 e. The van der Waals surface area contributed by atoms with E-state index in [-0.39, 0.29) is 10.8 Å². The smallest absolute Gasteiger partial charge is 0.0454 e. The Morgan fingerprint density at radius 3 is 2.27 bits per heavy atom. The van der Waals surface area contributed by atoms with Gasteiger partial charge in [-0.1, -0.05) is 107 Å². The van der Waals surface area contributed by atoms with Crippen LogP contribution in [-0.4, -0.2) is 7.05 Å². The monoisotopic (exact) mass is 431 g/mol. The molecule has 1 heteroatoms. The van der Waals surface area contributed by atoms with Crippen LogP contribution in [0.4, 0.5) is 5.69 Å². The molecule has 0 unspecified atom stereocenters. The zero-order valence-corrected chi connectivity index (χ0v) is 20.6. The van der Waals surface area contributed by atoms with E-state index in [2.05, 4.69) is 138 Å². The van der Waals surface area contributed by atoms with Gasteiger partial charge in [0.2, 0.25) is 0 Å². The van der Waals surface area contributed by atoms with Crippen molar-refractivity contribution in [3.8, 4) is 0 Å². The zero-order chi connectivity index (χ0) is 23.4. The van der Waals surface area contributed by atoms with Crippen LogP contribution >= 0.6 is 0 Å². The number of likely N-dealkylation sites (N-methyl/N-ethyl adjacent to an activating group) is 1. The van der Waals surface area contributed by atoms with Crippen molar-refractivity contribution in [3.63, 3.8) is 0 Å². The molecule has 5 rings (SSSR count). The predicted octanol–water partition coefficient (Wildman–Crippen LogP) is 8.33. The minimum absolute atomic E-state index is 0.0415. The number of fused-ring (bicyclic) bond motifs is 4. The van der Waals surface area contributed by atoms with Gasteiger partial charge in [0, 0.05) is 29.3 Å². The molecule has 0 spiro atoms. The molecule has 0 amide bonds. The molecule has 0 aromatic heterocycles. The molecule has 2 aliphatic rings. The van der Waals surface area contributed by atoms with Crippen LogP contribution in [0, 0.1) is 0 Å². The average Bonchev–Trinajstić information content (AvgIpc) is 3.12. The molecule has 0 atom stereocenters. The highest BCUT2D eigenvalue weighted by Crippen LogP contribution is 2.50. The Labute approximate surface area is 198 Å². The van der Waals surface area contributed by atoms with Gasteiger partial charge in [0.25, 0.3) is 0 Å². The summed E-state index contributed by atoms with van der Waals surface area (Å²) < 4.78 is 0. The van der Waals surface area contributed by atoms with E-state index in [9.17, 15) is 0 Å². The van der Waals surface area contributed by atoms with Crippen molar-refractivity contribution in [3.05, 3.63) is 119 Å². The van der Waals surface area contributed by atoms with E-state index in [4.69, 9.17) is 0 Å². The Balaban J connectivity index is 1.43. The first-order valence-corrected chi connectivity index (χ1v) is 11.9. The lowest BCUT2D eigenvalue weighted by atomic mass is 9.81. The fraction of sp³-hybridized carbons (Fsp3) is 0.250. The molecule has 1 heterocycles. The molecular weight excluding hydrogens is 398 g/mol. The van der Waals surface area contributed by atoms with Gasteiger partial charge in [-0.3, -0.25) is 0 Å². The van der Waals surface area contributed by atoms with E-state index in [1.54, 1.807) is 0 Å². The minimum atomic E-state index is -0.0484. The summed E-state index contributed by atoms with van der Waals surface area (Å²) in [6.07, 6.45) is 11.1. The summed E-state index contributed by atoms with van der Waals surface area (Å²) in [5.74, 6) is 0. The largest absolute Gasteiger partial charge is 0.347 e. The molecule has 0 N–H and O–H groups in total. The quantitative estimate of drug-likeness (QED) is 0.377. The standard InChI is InChI=1S/C32H33N/c1-22-24-15-12-13-18-27(24)31(2,3)26(22)17-8-7-9-19-29-32(4,5)30-25-16-11-10-14-23(25)20-21-28(30)33(29)6/h7-21H,1-6H3/b9-7+,17-8+,29-19-. The third-order valence-electron chi connectivity index (χ3n) is 7.72. The average molecular weight is 432 g/mol. The zero-order valence-electron chi connectivity index (χ0n) is 20.6. The lowest BCUT2D eigenvalue weighted by Crippen LogP contribution is -2.22. The van der Waals surface area contributed by atoms with Gasteiger partial charge >= 0.3 is 0 Å². The van der Waals surface area contributed by atoms with Crippen LogP contribution in [0.5, 0.6) is 0 Å². The van der Waals surface area contributed by atoms with Crippen LogP contribution in [-0.2, 0) is 10.8 Å². The van der Waals surface area contributed by atoms with Crippen LogP contribution < -0.4 is 4.90 Å². The van der Waals surface area contributed by atoms with Gasteiger partial charge < -0.3 is 4.90 Å². The van der Waals surface area contributed by atoms with Crippen LogP contribution in [0.3, 0.4) is 0 Å². The molecule has 1 aliphatic carbocycles. The van der Waals surface area contributed by atoms with Gasteiger partial charge in [0.05, 0.1) is 0 Å². The number of nitrogens with zero attached hydrogens (tertiary/aromatic N) is 1. The third kappa shape index (κ3) is 3.22. The predicted molar refractivity (Wildman–Crippen MR) is 144 cm³/mol. The van der Waals surface area contributed by atoms with Crippen molar-refractivity contribution in [2.45, 2.75) is 45.4 Å². The maximum Gasteiger partial charge on any atom is 0.0454 e. The highest BCUT2D eigenvalue weighted by molar-refractivity contribution is 5.94. The number of rotatable bonds is 3. The Kier molecular flexibility index (Phi) is 4.97. The SMILES string of the molecule is CC1=C(/C=C/C=C/C=C2\N(C)c3ccc4ccccc4c3C2(C)C)C(C)(C)c2ccccc21. The van der Waals surface area contributed by atoms with Gasteiger partial charge in [-0.05, 0) is 57.7 Å². The second kappa shape index (κ2) is 7.63. The summed E-state index contributed by atoms with van der Waals surface area (Å²) in [7, 11) is 2.18. The number of hydrogen-bond donors (Lipinski definition) is 0. The van der Waals surface area contributed by atoms with E-state index < -0.39 is 0 Å². The van der Waals surface area contributed by atoms with Crippen LogP contribution in [0.15, 0.2) is 102 Å². The van der Waals surface area contributed by atoms with E-state index >= 15 is 0 Å². The molecule has 0 fully saturated rings. The van der Waals surface area contributed by atoms with Crippen molar-refractivity contribution in [2.24, 2.45) is 0 Å². The highest BCUT2D eigenvalue weighted by Gasteiger charge is 2.39. The topological polar surface area (TPSA) is 3.24 Å². The molecule has 0 saturated carbocycles. The molecule has 33 heavy (non-hydrogen) atoms. The number of anilines is 1. The molecule has 3 aromatic rings. The van der Waals surface area contributed by atoms with E-state index in [1.807, 2.05) is 0 Å². The highest BCUT2D eigenvalue weighted by atomic mass is 15.2. The van der Waals surface area contributed by atoms with Crippen LogP contribution in [0.2, 0.25) is 0 Å². The number of hydrogen-bond acceptors (Lipinski definition) is 1. The first kappa shape index (κ1) is 21.5. The van der Waals surface area contributed by atoms with E-state index in [0.29, 0.717) is 0 Å². The Morgan fingerprint density at radius 1 is 0.758 bits per heavy atom. The summed E-state index contributed by atoms with van der Waals surface area (Å²) in [6, 6.07) is 22.0. The van der Waals surface area contributed by atoms with E-state index in [0.717, 1.165) is 0 Å². The van der Waals surface area contributed by atoms with Gasteiger partial charge in [-0.25, -0.2) is 0 Å². The van der Waals surface area contributed by atoms with Gasteiger partial charge in [-0.2, -0.15) is 0 Å². The lowest BCUT2D eigenvalue weighted by molar-refractivity contribution is 0.645. The first-order chi connectivity index (χ1) is 15.7. The van der Waals surface area contributed by atoms with Gasteiger partial charge in [-0.15, -0.1) is 0 Å². The Morgan fingerprint density at radius 2 is 1.48 bits per heavy atom. The molecule has 166 valence electrons. The second-order valence-corrected chi connectivity index (χ2v) is 10.4. The van der Waals surface area contributed by atoms with E-state index in [1.165, 1.54) is 50.0 Å². The first-order valence-electron chi connectivity index (χ1n) is 11.9. The third-order valence-corrected chi connectivity index (χ3v) is 7.72. The molecule has 1 aliphatic heterocycles. The van der Waals surface area contributed by atoms with Crippen molar-refractivity contribution in [2.75, 3.05) is 11.9 Å². The fourth-order valence-electron chi connectivity index (χ4n) is 6.00. The fourth-order valence-corrected chi connectivity index (χ4v) is 6.00. The maximum atomic E-state index is 2.35. The van der Waals surface area contributed by atoms with Gasteiger partial charge in [0.15, 0.2) is 0 Å². The Hall–Kier alpha value is -3.32. The normalized spacial score (nSPS) is 19.9. The van der Waals surface area contributed by atoms with Gasteiger partial charge in [0.1, 0.15) is 0 Å². The summed E-state index contributed by atoms with van der Waals surface area (Å²) in [4.78, 5) is 2.35. The van der Waals surface area contributed by atoms with Crippen molar-refractivity contribution < 1.29 is 0 Å². The molecule has 1 nitrogen and oxygen atoms in total. The Bertz CT molecular complexity index is 1370. The van der Waals surface area contributed by atoms with Crippen molar-refractivity contribution in [1.29, 1.82) is 0 Å². The molecule has 0 bridgehead atoms. The van der Waals surface area contributed by atoms with Crippen LogP contribution in [0.25, 0.3) is 16.3 Å². The second-order valence-electron chi connectivity index (χ2n) is 10.4. The summed E-state index contributed by atoms with van der Waals surface area (Å²) in [6.45, 7) is 11.6. The molecule has 3 aromatic carbocycles. The molecule has 0 saturated heterocycles. The van der Waals surface area contributed by atoms with Crippen molar-refractivity contribution >= 4 is 22.0 Å².